The number of piperidine rings is 1. The van der Waals surface area contributed by atoms with Crippen LogP contribution in [0.3, 0.4) is 0 Å². The van der Waals surface area contributed by atoms with Crippen LogP contribution in [-0.2, 0) is 35.8 Å². The van der Waals surface area contributed by atoms with E-state index in [0.717, 1.165) is 18.5 Å². The lowest BCUT2D eigenvalue weighted by Crippen LogP contribution is -2.60. The van der Waals surface area contributed by atoms with E-state index in [9.17, 15) is 9.59 Å². The fraction of sp³-hybridized carbons (Fsp3) is 0.485. The molecule has 3 unspecified atom stereocenters. The van der Waals surface area contributed by atoms with Crippen LogP contribution in [0, 0.1) is 0 Å². The molecule has 3 aliphatic heterocycles. The van der Waals surface area contributed by atoms with Gasteiger partial charge in [-0.2, -0.15) is 0 Å². The first-order chi connectivity index (χ1) is 20.4. The van der Waals surface area contributed by atoms with Crippen molar-refractivity contribution in [2.24, 2.45) is 5.73 Å². The molecule has 9 nitrogen and oxygen atoms in total. The molecule has 0 amide bonds. The Bertz CT molecular complexity index is 1290. The Morgan fingerprint density at radius 2 is 1.60 bits per heavy atom. The summed E-state index contributed by atoms with van der Waals surface area (Å²) in [6.07, 6.45) is 8.82. The van der Waals surface area contributed by atoms with Crippen molar-refractivity contribution in [2.75, 3.05) is 13.1 Å². The maximum absolute atomic E-state index is 14.5. The van der Waals surface area contributed by atoms with Crippen LogP contribution in [0.4, 0.5) is 0 Å². The van der Waals surface area contributed by atoms with Gasteiger partial charge >= 0.3 is 11.9 Å². The van der Waals surface area contributed by atoms with Crippen molar-refractivity contribution in [3.8, 4) is 0 Å². The third-order valence-electron chi connectivity index (χ3n) is 9.60. The summed E-state index contributed by atoms with van der Waals surface area (Å²) in [5.74, 6) is -1.13. The molecule has 0 aliphatic carbocycles. The highest BCUT2D eigenvalue weighted by atomic mass is 16.7. The van der Waals surface area contributed by atoms with E-state index in [1.54, 1.807) is 13.1 Å². The minimum absolute atomic E-state index is 0.185. The molecule has 3 saturated heterocycles. The molecule has 2 aromatic carbocycles. The maximum Gasteiger partial charge on any atom is 0.348 e. The molecule has 42 heavy (non-hydrogen) atoms. The predicted molar refractivity (Wildman–Crippen MR) is 156 cm³/mol. The average Bonchev–Trinajstić information content (AvgIpc) is 3.74. The van der Waals surface area contributed by atoms with Gasteiger partial charge in [0.25, 0.3) is 0 Å². The van der Waals surface area contributed by atoms with Crippen LogP contribution in [0.2, 0.25) is 0 Å². The first-order valence-corrected chi connectivity index (χ1v) is 15.2. The number of hydrogen-bond acceptors (Lipinski definition) is 7. The molecule has 3 aromatic rings. The largest absolute Gasteiger partial charge is 0.459 e. The summed E-state index contributed by atoms with van der Waals surface area (Å²) in [7, 11) is 0. The third kappa shape index (κ3) is 5.37. The first-order valence-electron chi connectivity index (χ1n) is 15.2. The van der Waals surface area contributed by atoms with Gasteiger partial charge in [0.15, 0.2) is 0 Å². The highest BCUT2D eigenvalue weighted by Crippen LogP contribution is 2.47. The van der Waals surface area contributed by atoms with Crippen molar-refractivity contribution in [3.05, 3.63) is 90.0 Å². The van der Waals surface area contributed by atoms with E-state index in [1.165, 1.54) is 49.6 Å². The Morgan fingerprint density at radius 1 is 1.00 bits per heavy atom. The lowest BCUT2D eigenvalue weighted by atomic mass is 9.85. The minimum Gasteiger partial charge on any atom is -0.459 e. The van der Waals surface area contributed by atoms with Crippen molar-refractivity contribution < 1.29 is 28.3 Å². The number of benzene rings is 2. The van der Waals surface area contributed by atoms with Gasteiger partial charge in [-0.15, -0.1) is 0 Å². The summed E-state index contributed by atoms with van der Waals surface area (Å²) in [5.41, 5.74) is 6.42. The molecule has 3 aliphatic rings. The Hall–Kier alpha value is -3.53. The van der Waals surface area contributed by atoms with Crippen LogP contribution in [-0.4, -0.2) is 70.0 Å². The second-order valence-corrected chi connectivity index (χ2v) is 12.1. The van der Waals surface area contributed by atoms with E-state index in [0.29, 0.717) is 23.2 Å². The van der Waals surface area contributed by atoms with Gasteiger partial charge in [-0.25, -0.2) is 9.78 Å². The number of H-pyrrole nitrogens is 1. The van der Waals surface area contributed by atoms with E-state index in [-0.39, 0.29) is 12.5 Å². The fourth-order valence-corrected chi connectivity index (χ4v) is 7.71. The summed E-state index contributed by atoms with van der Waals surface area (Å²) >= 11 is 0. The molecule has 4 heterocycles. The standard InChI is InChI=1S/C33H41N4O5/c1-23(40-31(38)30(34)18-26-21-35-22-36-26)42-33(24-10-4-2-5-11-24,25-12-6-3-7-13-25)32(39)41-29-19-27-14-15-28(20-29)37(27)16-8-9-17-37/h2-7,10-13,21-23,27-30H,8-9,14-20,34H2,1H3,(H,35,36)/q+1/t23?,27?,28?,29?,30-/m0/s1. The van der Waals surface area contributed by atoms with Gasteiger partial charge in [0.05, 0.1) is 31.5 Å². The number of rotatable bonds is 10. The van der Waals surface area contributed by atoms with Crippen LogP contribution < -0.4 is 5.73 Å². The minimum atomic E-state index is -1.65. The Morgan fingerprint density at radius 3 is 2.14 bits per heavy atom. The molecule has 3 fully saturated rings. The summed E-state index contributed by atoms with van der Waals surface area (Å²) in [5, 5.41) is 0. The third-order valence-corrected chi connectivity index (χ3v) is 9.60. The Kier molecular flexibility index (Phi) is 8.16. The van der Waals surface area contributed by atoms with E-state index in [2.05, 4.69) is 9.97 Å². The molecule has 3 N–H and O–H groups in total. The Balaban J connectivity index is 1.26. The fourth-order valence-electron chi connectivity index (χ4n) is 7.71. The van der Waals surface area contributed by atoms with E-state index in [1.807, 2.05) is 60.7 Å². The van der Waals surface area contributed by atoms with E-state index >= 15 is 0 Å². The number of nitrogens with two attached hydrogens (primary N) is 1. The number of carbonyl (C=O) groups excluding carboxylic acids is 2. The topological polar surface area (TPSA) is 117 Å². The van der Waals surface area contributed by atoms with Gasteiger partial charge in [-0.05, 0) is 18.1 Å². The predicted octanol–water partition coefficient (Wildman–Crippen LogP) is 3.98. The average molecular weight is 574 g/mol. The molecule has 4 atom stereocenters. The molecule has 6 rings (SSSR count). The van der Waals surface area contributed by atoms with Gasteiger partial charge in [0.1, 0.15) is 12.1 Å². The van der Waals surface area contributed by atoms with Crippen molar-refractivity contribution in [1.82, 2.24) is 9.97 Å². The zero-order valence-corrected chi connectivity index (χ0v) is 24.2. The van der Waals surface area contributed by atoms with Gasteiger partial charge in [-0.1, -0.05) is 60.7 Å². The Labute approximate surface area is 246 Å². The van der Waals surface area contributed by atoms with Crippen molar-refractivity contribution in [2.45, 2.75) is 88.0 Å². The monoisotopic (exact) mass is 573 g/mol. The number of aromatic amines is 1. The molecule has 0 radical (unpaired) electrons. The number of carbonyl (C=O) groups is 2. The molecular formula is C33H41N4O5+. The van der Waals surface area contributed by atoms with Crippen LogP contribution in [0.25, 0.3) is 0 Å². The number of hydrogen-bond donors (Lipinski definition) is 2. The second kappa shape index (κ2) is 12.0. The maximum atomic E-state index is 14.5. The van der Waals surface area contributed by atoms with Crippen LogP contribution in [0.5, 0.6) is 0 Å². The number of imidazole rings is 1. The number of quaternary nitrogens is 1. The van der Waals surface area contributed by atoms with Crippen molar-refractivity contribution in [1.29, 1.82) is 0 Å². The van der Waals surface area contributed by atoms with E-state index in [4.69, 9.17) is 19.9 Å². The van der Waals surface area contributed by atoms with Crippen LogP contribution in [0.15, 0.2) is 73.2 Å². The molecule has 222 valence electrons. The number of nitrogens with zero attached hydrogens (tertiary/aromatic N) is 2. The number of aromatic nitrogens is 2. The van der Waals surface area contributed by atoms with Crippen LogP contribution >= 0.6 is 0 Å². The summed E-state index contributed by atoms with van der Waals surface area (Å²) < 4.78 is 19.9. The van der Waals surface area contributed by atoms with Gasteiger partial charge in [0.2, 0.25) is 11.9 Å². The van der Waals surface area contributed by atoms with Gasteiger partial charge in [0, 0.05) is 56.8 Å². The molecule has 1 aromatic heterocycles. The zero-order valence-electron chi connectivity index (χ0n) is 24.2. The van der Waals surface area contributed by atoms with Crippen molar-refractivity contribution >= 4 is 11.9 Å². The van der Waals surface area contributed by atoms with Crippen LogP contribution in [0.1, 0.15) is 62.3 Å². The molecule has 1 spiro atoms. The van der Waals surface area contributed by atoms with Gasteiger partial charge < -0.3 is 29.4 Å². The zero-order chi connectivity index (χ0) is 29.2. The van der Waals surface area contributed by atoms with Crippen molar-refractivity contribution in [3.63, 3.8) is 0 Å². The molecule has 9 heteroatoms. The highest BCUT2D eigenvalue weighted by Gasteiger charge is 2.57. The lowest BCUT2D eigenvalue weighted by Gasteiger charge is -2.47. The quantitative estimate of drug-likeness (QED) is 0.214. The molecular weight excluding hydrogens is 532 g/mol. The second-order valence-electron chi connectivity index (χ2n) is 12.1. The lowest BCUT2D eigenvalue weighted by molar-refractivity contribution is -0.956. The summed E-state index contributed by atoms with van der Waals surface area (Å²) in [6, 6.07) is 18.8. The summed E-state index contributed by atoms with van der Waals surface area (Å²) in [6.45, 7) is 4.11. The number of nitrogens with one attached hydrogen (secondary N) is 1. The molecule has 0 saturated carbocycles. The number of esters is 2. The smallest absolute Gasteiger partial charge is 0.348 e. The highest BCUT2D eigenvalue weighted by molar-refractivity contribution is 5.86. The normalized spacial score (nSPS) is 24.3. The van der Waals surface area contributed by atoms with E-state index < -0.39 is 29.9 Å². The van der Waals surface area contributed by atoms with Gasteiger partial charge in [-0.3, -0.25) is 4.79 Å². The number of ether oxygens (including phenoxy) is 3. The first kappa shape index (κ1) is 28.6. The summed E-state index contributed by atoms with van der Waals surface area (Å²) in [4.78, 5) is 34.4. The SMILES string of the molecule is CC(OC(=O)[C@@H](N)Cc1cnc[nH]1)OC(C(=O)OC1CC2CCC(C1)[N+]21CCCC1)(c1ccccc1)c1ccccc1. The molecule has 2 bridgehead atoms.